The van der Waals surface area contributed by atoms with E-state index in [4.69, 9.17) is 13.9 Å². The molecular formula is C22H20N2O7S. The number of morpholine rings is 1. The van der Waals surface area contributed by atoms with Crippen LogP contribution in [-0.4, -0.2) is 72.8 Å². The van der Waals surface area contributed by atoms with Crippen LogP contribution in [0.15, 0.2) is 45.7 Å². The molecule has 10 heteroatoms. The van der Waals surface area contributed by atoms with Crippen LogP contribution in [0.5, 0.6) is 0 Å². The summed E-state index contributed by atoms with van der Waals surface area (Å²) in [5.74, 6) is -0.584. The number of ether oxygens (including phenoxy) is 2. The maximum absolute atomic E-state index is 12.7. The first-order valence-corrected chi connectivity index (χ1v) is 10.7. The Bertz CT molecular complexity index is 1100. The third kappa shape index (κ3) is 4.46. The SMILES string of the molecule is COC(=O)c1ccccc1-c1ccc(C=C2SC(=O)N(CC(=O)N3CCOCC3)C2=O)o1. The molecule has 9 nitrogen and oxygen atoms in total. The Morgan fingerprint density at radius 2 is 1.88 bits per heavy atom. The molecule has 0 N–H and O–H groups in total. The van der Waals surface area contributed by atoms with E-state index >= 15 is 0 Å². The minimum absolute atomic E-state index is 0.159. The van der Waals surface area contributed by atoms with Crippen molar-refractivity contribution in [2.24, 2.45) is 0 Å². The maximum atomic E-state index is 12.7. The number of carbonyl (C=O) groups is 4. The predicted octanol–water partition coefficient (Wildman–Crippen LogP) is 2.63. The van der Waals surface area contributed by atoms with Crippen molar-refractivity contribution in [3.63, 3.8) is 0 Å². The molecule has 0 saturated carbocycles. The monoisotopic (exact) mass is 456 g/mol. The standard InChI is InChI=1S/C22H20N2O7S/c1-29-21(27)16-5-3-2-4-15(16)17-7-6-14(31-17)12-18-20(26)24(22(28)32-18)13-19(25)23-8-10-30-11-9-23/h2-7,12H,8-11,13H2,1H3. The first kappa shape index (κ1) is 21.8. The first-order chi connectivity index (χ1) is 15.5. The topological polar surface area (TPSA) is 106 Å². The Labute approximate surface area is 187 Å². The van der Waals surface area contributed by atoms with Gasteiger partial charge in [-0.05, 0) is 30.0 Å². The Kier molecular flexibility index (Phi) is 6.42. The minimum Gasteiger partial charge on any atom is -0.465 e. The highest BCUT2D eigenvalue weighted by atomic mass is 32.2. The summed E-state index contributed by atoms with van der Waals surface area (Å²) in [6, 6.07) is 10.1. The fourth-order valence-electron chi connectivity index (χ4n) is 3.37. The van der Waals surface area contributed by atoms with Gasteiger partial charge in [-0.25, -0.2) is 4.79 Å². The van der Waals surface area contributed by atoms with Crippen LogP contribution >= 0.6 is 11.8 Å². The lowest BCUT2D eigenvalue weighted by atomic mass is 10.1. The second-order valence-corrected chi connectivity index (χ2v) is 7.99. The Morgan fingerprint density at radius 1 is 1.12 bits per heavy atom. The lowest BCUT2D eigenvalue weighted by molar-refractivity contribution is -0.139. The van der Waals surface area contributed by atoms with Crippen LogP contribution in [0.25, 0.3) is 17.4 Å². The van der Waals surface area contributed by atoms with Crippen LogP contribution in [0.3, 0.4) is 0 Å². The van der Waals surface area contributed by atoms with Crippen molar-refractivity contribution in [1.82, 2.24) is 9.80 Å². The first-order valence-electron chi connectivity index (χ1n) is 9.86. The van der Waals surface area contributed by atoms with Crippen LogP contribution in [0.4, 0.5) is 4.79 Å². The largest absolute Gasteiger partial charge is 0.465 e. The summed E-state index contributed by atoms with van der Waals surface area (Å²) < 4.78 is 15.8. The van der Waals surface area contributed by atoms with Gasteiger partial charge in [0.25, 0.3) is 11.1 Å². The van der Waals surface area contributed by atoms with Crippen LogP contribution in [0.1, 0.15) is 16.1 Å². The van der Waals surface area contributed by atoms with E-state index in [0.717, 1.165) is 16.7 Å². The summed E-state index contributed by atoms with van der Waals surface area (Å²) in [6.45, 7) is 1.44. The van der Waals surface area contributed by atoms with Gasteiger partial charge in [-0.2, -0.15) is 0 Å². The number of hydrogen-bond acceptors (Lipinski definition) is 8. The average Bonchev–Trinajstić information content (AvgIpc) is 3.39. The van der Waals surface area contributed by atoms with Crippen molar-refractivity contribution in [3.05, 3.63) is 52.6 Å². The fraction of sp³-hybridized carbons (Fsp3) is 0.273. The van der Waals surface area contributed by atoms with E-state index in [9.17, 15) is 19.2 Å². The van der Waals surface area contributed by atoms with Crippen molar-refractivity contribution < 1.29 is 33.1 Å². The van der Waals surface area contributed by atoms with Crippen LogP contribution in [-0.2, 0) is 19.1 Å². The number of rotatable bonds is 5. The number of thioether (sulfide) groups is 1. The molecule has 0 aliphatic carbocycles. The molecule has 2 aliphatic rings. The van der Waals surface area contributed by atoms with Crippen molar-refractivity contribution in [2.45, 2.75) is 0 Å². The Balaban J connectivity index is 1.50. The quantitative estimate of drug-likeness (QED) is 0.499. The number of carbonyl (C=O) groups excluding carboxylic acids is 4. The summed E-state index contributed by atoms with van der Waals surface area (Å²) >= 11 is 0.751. The van der Waals surface area contributed by atoms with Gasteiger partial charge in [0, 0.05) is 24.7 Å². The molecule has 3 amide bonds. The van der Waals surface area contributed by atoms with E-state index < -0.39 is 17.1 Å². The van der Waals surface area contributed by atoms with Gasteiger partial charge in [-0.3, -0.25) is 19.3 Å². The number of benzene rings is 1. The van der Waals surface area contributed by atoms with Crippen molar-refractivity contribution in [2.75, 3.05) is 40.0 Å². The molecule has 0 unspecified atom stereocenters. The zero-order valence-electron chi connectivity index (χ0n) is 17.2. The van der Waals surface area contributed by atoms with Gasteiger partial charge in [0.2, 0.25) is 5.91 Å². The summed E-state index contributed by atoms with van der Waals surface area (Å²) in [5, 5.41) is -0.509. The normalized spacial score (nSPS) is 17.8. The molecule has 0 bridgehead atoms. The smallest absolute Gasteiger partial charge is 0.338 e. The van der Waals surface area contributed by atoms with E-state index in [2.05, 4.69) is 0 Å². The summed E-state index contributed by atoms with van der Waals surface area (Å²) in [7, 11) is 1.30. The molecule has 1 aromatic heterocycles. The molecule has 2 fully saturated rings. The van der Waals surface area contributed by atoms with Crippen LogP contribution in [0, 0.1) is 0 Å². The number of esters is 1. The van der Waals surface area contributed by atoms with Crippen LogP contribution in [0.2, 0.25) is 0 Å². The molecule has 1 aromatic carbocycles. The van der Waals surface area contributed by atoms with E-state index in [1.54, 1.807) is 41.3 Å². The molecule has 166 valence electrons. The summed E-state index contributed by atoms with van der Waals surface area (Å²) in [5.41, 5.74) is 0.890. The second-order valence-electron chi connectivity index (χ2n) is 7.00. The number of amides is 3. The van der Waals surface area contributed by atoms with Gasteiger partial charge in [0.15, 0.2) is 0 Å². The lowest BCUT2D eigenvalue weighted by Crippen LogP contribution is -2.46. The highest BCUT2D eigenvalue weighted by molar-refractivity contribution is 8.18. The second kappa shape index (κ2) is 9.41. The van der Waals surface area contributed by atoms with Crippen LogP contribution < -0.4 is 0 Å². The Morgan fingerprint density at radius 3 is 2.62 bits per heavy atom. The predicted molar refractivity (Wildman–Crippen MR) is 116 cm³/mol. The van der Waals surface area contributed by atoms with E-state index in [1.165, 1.54) is 13.2 Å². The van der Waals surface area contributed by atoms with Crippen molar-refractivity contribution in [1.29, 1.82) is 0 Å². The number of methoxy groups -OCH3 is 1. The molecular weight excluding hydrogens is 436 g/mol. The molecule has 2 saturated heterocycles. The van der Waals surface area contributed by atoms with Crippen molar-refractivity contribution in [3.8, 4) is 11.3 Å². The lowest BCUT2D eigenvalue weighted by Gasteiger charge is -2.27. The van der Waals surface area contributed by atoms with Gasteiger partial charge in [-0.15, -0.1) is 0 Å². The number of furan rings is 1. The third-order valence-corrected chi connectivity index (χ3v) is 5.94. The molecule has 2 aliphatic heterocycles. The average molecular weight is 456 g/mol. The highest BCUT2D eigenvalue weighted by Gasteiger charge is 2.37. The molecule has 4 rings (SSSR count). The summed E-state index contributed by atoms with van der Waals surface area (Å²) in [4.78, 5) is 52.1. The van der Waals surface area contributed by atoms with Gasteiger partial charge in [-0.1, -0.05) is 18.2 Å². The highest BCUT2D eigenvalue weighted by Crippen LogP contribution is 2.34. The number of nitrogens with zero attached hydrogens (tertiary/aromatic N) is 2. The van der Waals surface area contributed by atoms with Gasteiger partial charge in [0.05, 0.1) is 30.8 Å². The maximum Gasteiger partial charge on any atom is 0.338 e. The van der Waals surface area contributed by atoms with E-state index in [-0.39, 0.29) is 17.4 Å². The zero-order chi connectivity index (χ0) is 22.7. The summed E-state index contributed by atoms with van der Waals surface area (Å²) in [6.07, 6.45) is 1.45. The Hall–Kier alpha value is -3.37. The van der Waals surface area contributed by atoms with Gasteiger partial charge >= 0.3 is 5.97 Å². The molecule has 0 spiro atoms. The molecule has 0 radical (unpaired) electrons. The molecule has 0 atom stereocenters. The number of hydrogen-bond donors (Lipinski definition) is 0. The van der Waals surface area contributed by atoms with Gasteiger partial charge in [0.1, 0.15) is 18.1 Å². The van der Waals surface area contributed by atoms with E-state index in [1.807, 2.05) is 0 Å². The fourth-order valence-corrected chi connectivity index (χ4v) is 4.19. The van der Waals surface area contributed by atoms with Gasteiger partial charge < -0.3 is 18.8 Å². The van der Waals surface area contributed by atoms with Crippen molar-refractivity contribution >= 4 is 40.9 Å². The number of imide groups is 1. The van der Waals surface area contributed by atoms with E-state index in [0.29, 0.717) is 49.0 Å². The minimum atomic E-state index is -0.547. The zero-order valence-corrected chi connectivity index (χ0v) is 18.1. The molecule has 2 aromatic rings. The third-order valence-electron chi connectivity index (χ3n) is 5.03. The molecule has 32 heavy (non-hydrogen) atoms. The molecule has 3 heterocycles.